The second kappa shape index (κ2) is 6.32. The smallest absolute Gasteiger partial charge is 0.416 e. The second-order valence-electron chi connectivity index (χ2n) is 4.23. The molecular formula is C14H11ClF3NO2. The first-order valence-electron chi connectivity index (χ1n) is 6.01. The summed E-state index contributed by atoms with van der Waals surface area (Å²) >= 11 is 5.57. The quantitative estimate of drug-likeness (QED) is 0.864. The molecule has 1 aromatic carbocycles. The Bertz CT molecular complexity index is 615. The summed E-state index contributed by atoms with van der Waals surface area (Å²) in [5.41, 5.74) is -0.0331. The maximum atomic E-state index is 12.7. The highest BCUT2D eigenvalue weighted by atomic mass is 35.5. The van der Waals surface area contributed by atoms with Crippen molar-refractivity contribution in [2.75, 3.05) is 6.61 Å². The molecule has 112 valence electrons. The van der Waals surface area contributed by atoms with E-state index in [0.29, 0.717) is 12.2 Å². The number of halogens is 4. The number of aromatic nitrogens is 1. The van der Waals surface area contributed by atoms with Crippen molar-refractivity contribution in [3.63, 3.8) is 0 Å². The van der Waals surface area contributed by atoms with E-state index in [2.05, 4.69) is 4.98 Å². The summed E-state index contributed by atoms with van der Waals surface area (Å²) in [4.78, 5) is 3.70. The molecule has 3 nitrogen and oxygen atoms in total. The number of ether oxygens (including phenoxy) is 1. The minimum Gasteiger partial charge on any atom is -0.439 e. The third-order valence-corrected chi connectivity index (χ3v) is 2.84. The first-order valence-corrected chi connectivity index (χ1v) is 6.39. The molecule has 1 aromatic heterocycles. The van der Waals surface area contributed by atoms with Gasteiger partial charge in [-0.3, -0.25) is 0 Å². The highest BCUT2D eigenvalue weighted by Gasteiger charge is 2.31. The van der Waals surface area contributed by atoms with Crippen molar-refractivity contribution in [3.8, 4) is 11.6 Å². The molecule has 2 aromatic rings. The fourth-order valence-corrected chi connectivity index (χ4v) is 1.86. The Morgan fingerprint density at radius 3 is 2.38 bits per heavy atom. The Morgan fingerprint density at radius 2 is 1.81 bits per heavy atom. The number of aliphatic hydroxyl groups excluding tert-OH is 1. The van der Waals surface area contributed by atoms with Gasteiger partial charge in [-0.1, -0.05) is 23.7 Å². The number of hydrogen-bond acceptors (Lipinski definition) is 3. The zero-order valence-corrected chi connectivity index (χ0v) is 11.4. The Hall–Kier alpha value is -1.79. The Kier molecular flexibility index (Phi) is 4.69. The van der Waals surface area contributed by atoms with Gasteiger partial charge >= 0.3 is 6.18 Å². The SMILES string of the molecule is OCCc1ccc(Oc2cc(C(F)(F)F)cc(Cl)n2)cc1. The van der Waals surface area contributed by atoms with Gasteiger partial charge in [0.25, 0.3) is 0 Å². The highest BCUT2D eigenvalue weighted by molar-refractivity contribution is 6.29. The van der Waals surface area contributed by atoms with E-state index in [1.807, 2.05) is 0 Å². The Morgan fingerprint density at radius 1 is 1.14 bits per heavy atom. The van der Waals surface area contributed by atoms with Crippen molar-refractivity contribution in [2.24, 2.45) is 0 Å². The predicted octanol–water partition coefficient (Wildman–Crippen LogP) is 4.08. The molecule has 0 unspecified atom stereocenters. The molecule has 0 atom stereocenters. The minimum absolute atomic E-state index is 0.0188. The van der Waals surface area contributed by atoms with Gasteiger partial charge in [-0.15, -0.1) is 0 Å². The molecule has 0 amide bonds. The van der Waals surface area contributed by atoms with Gasteiger partial charge in [-0.25, -0.2) is 4.98 Å². The molecule has 0 aliphatic carbocycles. The van der Waals surface area contributed by atoms with E-state index in [1.165, 1.54) is 0 Å². The molecule has 0 saturated carbocycles. The molecule has 0 saturated heterocycles. The van der Waals surface area contributed by atoms with Gasteiger partial charge in [0.1, 0.15) is 10.9 Å². The van der Waals surface area contributed by atoms with Crippen LogP contribution in [0, 0.1) is 0 Å². The molecular weight excluding hydrogens is 307 g/mol. The van der Waals surface area contributed by atoms with Gasteiger partial charge in [0.2, 0.25) is 5.88 Å². The fourth-order valence-electron chi connectivity index (χ4n) is 1.66. The van der Waals surface area contributed by atoms with Crippen LogP contribution < -0.4 is 4.74 Å². The largest absolute Gasteiger partial charge is 0.439 e. The summed E-state index contributed by atoms with van der Waals surface area (Å²) in [6, 6.07) is 8.11. The van der Waals surface area contributed by atoms with Crippen LogP contribution in [-0.4, -0.2) is 16.7 Å². The van der Waals surface area contributed by atoms with Crippen LogP contribution in [0.4, 0.5) is 13.2 Å². The number of alkyl halides is 3. The first kappa shape index (κ1) is 15.6. The zero-order chi connectivity index (χ0) is 15.5. The van der Waals surface area contributed by atoms with Crippen LogP contribution in [-0.2, 0) is 12.6 Å². The van der Waals surface area contributed by atoms with E-state index in [0.717, 1.165) is 17.7 Å². The average molecular weight is 318 g/mol. The van der Waals surface area contributed by atoms with Crippen molar-refractivity contribution in [3.05, 3.63) is 52.7 Å². The summed E-state index contributed by atoms with van der Waals surface area (Å²) in [7, 11) is 0. The molecule has 0 aliphatic heterocycles. The van der Waals surface area contributed by atoms with E-state index < -0.39 is 11.7 Å². The van der Waals surface area contributed by atoms with E-state index in [4.69, 9.17) is 21.4 Å². The Balaban J connectivity index is 2.21. The molecule has 1 heterocycles. The van der Waals surface area contributed by atoms with Gasteiger partial charge in [0.15, 0.2) is 0 Å². The van der Waals surface area contributed by atoms with Crippen LogP contribution in [0.5, 0.6) is 11.6 Å². The van der Waals surface area contributed by atoms with E-state index in [1.54, 1.807) is 24.3 Å². The van der Waals surface area contributed by atoms with Gasteiger partial charge < -0.3 is 9.84 Å². The van der Waals surface area contributed by atoms with Gasteiger partial charge in [0.05, 0.1) is 5.56 Å². The predicted molar refractivity (Wildman–Crippen MR) is 71.6 cm³/mol. The first-order chi connectivity index (χ1) is 9.88. The summed E-state index contributed by atoms with van der Waals surface area (Å²) in [5, 5.41) is 8.50. The lowest BCUT2D eigenvalue weighted by Gasteiger charge is -2.10. The molecule has 1 N–H and O–H groups in total. The van der Waals surface area contributed by atoms with Crippen molar-refractivity contribution < 1.29 is 23.0 Å². The highest BCUT2D eigenvalue weighted by Crippen LogP contribution is 2.33. The van der Waals surface area contributed by atoms with Crippen molar-refractivity contribution >= 4 is 11.6 Å². The molecule has 21 heavy (non-hydrogen) atoms. The molecule has 0 bridgehead atoms. The lowest BCUT2D eigenvalue weighted by molar-refractivity contribution is -0.137. The molecule has 0 radical (unpaired) electrons. The molecule has 7 heteroatoms. The van der Waals surface area contributed by atoms with Crippen molar-refractivity contribution in [2.45, 2.75) is 12.6 Å². The van der Waals surface area contributed by atoms with Gasteiger partial charge in [0, 0.05) is 12.7 Å². The van der Waals surface area contributed by atoms with Crippen molar-refractivity contribution in [1.29, 1.82) is 0 Å². The standard InChI is InChI=1S/C14H11ClF3NO2/c15-12-7-10(14(16,17)18)8-13(19-12)21-11-3-1-9(2-4-11)5-6-20/h1-4,7-8,20H,5-6H2. The summed E-state index contributed by atoms with van der Waals surface area (Å²) in [6.07, 6.45) is -4.02. The van der Waals surface area contributed by atoms with Crippen LogP contribution in [0.3, 0.4) is 0 Å². The summed E-state index contributed by atoms with van der Waals surface area (Å²) < 4.78 is 43.2. The third kappa shape index (κ3) is 4.34. The topological polar surface area (TPSA) is 42.4 Å². The van der Waals surface area contributed by atoms with Crippen LogP contribution >= 0.6 is 11.6 Å². The van der Waals surface area contributed by atoms with Gasteiger partial charge in [-0.05, 0) is 30.2 Å². The number of aliphatic hydroxyl groups is 1. The monoisotopic (exact) mass is 317 g/mol. The summed E-state index contributed by atoms with van der Waals surface area (Å²) in [6.45, 7) is 0.0188. The second-order valence-corrected chi connectivity index (χ2v) is 4.62. The van der Waals surface area contributed by atoms with E-state index >= 15 is 0 Å². The normalized spacial score (nSPS) is 11.5. The number of pyridine rings is 1. The van der Waals surface area contributed by atoms with Crippen LogP contribution in [0.1, 0.15) is 11.1 Å². The number of benzene rings is 1. The van der Waals surface area contributed by atoms with Crippen molar-refractivity contribution in [1.82, 2.24) is 4.98 Å². The van der Waals surface area contributed by atoms with E-state index in [9.17, 15) is 13.2 Å². The fraction of sp³-hybridized carbons (Fsp3) is 0.214. The number of hydrogen-bond donors (Lipinski definition) is 1. The molecule has 0 spiro atoms. The molecule has 0 fully saturated rings. The lowest BCUT2D eigenvalue weighted by Crippen LogP contribution is -2.05. The zero-order valence-electron chi connectivity index (χ0n) is 10.7. The minimum atomic E-state index is -4.52. The van der Waals surface area contributed by atoms with Crippen LogP contribution in [0.25, 0.3) is 0 Å². The third-order valence-electron chi connectivity index (χ3n) is 2.64. The number of rotatable bonds is 4. The van der Waals surface area contributed by atoms with E-state index in [-0.39, 0.29) is 17.6 Å². The van der Waals surface area contributed by atoms with Crippen LogP contribution in [0.2, 0.25) is 5.15 Å². The molecule has 0 aliphatic rings. The van der Waals surface area contributed by atoms with Gasteiger partial charge in [-0.2, -0.15) is 13.2 Å². The molecule has 2 rings (SSSR count). The average Bonchev–Trinajstić information content (AvgIpc) is 2.40. The Labute approximate surface area is 124 Å². The number of nitrogens with zero attached hydrogens (tertiary/aromatic N) is 1. The summed E-state index contributed by atoms with van der Waals surface area (Å²) in [5.74, 6) is 0.101. The van der Waals surface area contributed by atoms with Crippen LogP contribution in [0.15, 0.2) is 36.4 Å². The maximum absolute atomic E-state index is 12.7. The maximum Gasteiger partial charge on any atom is 0.416 e. The lowest BCUT2D eigenvalue weighted by atomic mass is 10.1.